The van der Waals surface area contributed by atoms with Crippen LogP contribution in [0, 0.1) is 13.8 Å². The topological polar surface area (TPSA) is 69.6 Å². The maximum absolute atomic E-state index is 5.45. The maximum atomic E-state index is 5.45. The molecule has 0 amide bonds. The van der Waals surface area contributed by atoms with Crippen LogP contribution in [-0.2, 0) is 0 Å². The predicted molar refractivity (Wildman–Crippen MR) is 53.0 cm³/mol. The van der Waals surface area contributed by atoms with Crippen molar-refractivity contribution in [2.24, 2.45) is 0 Å². The summed E-state index contributed by atoms with van der Waals surface area (Å²) >= 11 is 0. The van der Waals surface area contributed by atoms with E-state index in [4.69, 9.17) is 5.73 Å². The number of hydrogen-bond donors (Lipinski definition) is 1. The van der Waals surface area contributed by atoms with Crippen molar-refractivity contribution in [2.75, 3.05) is 5.73 Å². The lowest BCUT2D eigenvalue weighted by molar-refractivity contribution is 0.893. The van der Waals surface area contributed by atoms with Crippen molar-refractivity contribution < 1.29 is 0 Å². The highest BCUT2D eigenvalue weighted by molar-refractivity contribution is 5.33. The maximum Gasteiger partial charge on any atom is 0.160 e. The van der Waals surface area contributed by atoms with Crippen molar-refractivity contribution in [3.63, 3.8) is 0 Å². The van der Waals surface area contributed by atoms with E-state index in [-0.39, 0.29) is 0 Å². The molecule has 2 N–H and O–H groups in total. The lowest BCUT2D eigenvalue weighted by Gasteiger charge is -2.02. The Labute approximate surface area is 81.6 Å². The molecule has 0 fully saturated rings. The summed E-state index contributed by atoms with van der Waals surface area (Å²) in [6.07, 6.45) is 1.73. The zero-order chi connectivity index (χ0) is 10.1. The Balaban J connectivity index is 2.49. The first-order valence-electron chi connectivity index (χ1n) is 4.28. The number of anilines is 1. The van der Waals surface area contributed by atoms with E-state index >= 15 is 0 Å². The van der Waals surface area contributed by atoms with Gasteiger partial charge in [0.25, 0.3) is 0 Å². The van der Waals surface area contributed by atoms with Crippen molar-refractivity contribution in [1.82, 2.24) is 19.7 Å². The summed E-state index contributed by atoms with van der Waals surface area (Å²) in [6.45, 7) is 3.94. The fourth-order valence-corrected chi connectivity index (χ4v) is 1.19. The highest BCUT2D eigenvalue weighted by Crippen LogP contribution is 2.10. The molecule has 72 valence electrons. The van der Waals surface area contributed by atoms with Crippen molar-refractivity contribution in [1.29, 1.82) is 0 Å². The molecule has 0 aromatic carbocycles. The van der Waals surface area contributed by atoms with E-state index in [2.05, 4.69) is 15.2 Å². The van der Waals surface area contributed by atoms with Crippen molar-refractivity contribution in [3.05, 3.63) is 29.8 Å². The summed E-state index contributed by atoms with van der Waals surface area (Å²) in [5, 5.41) is 7.76. The molecule has 0 aliphatic heterocycles. The number of rotatable bonds is 1. The minimum atomic E-state index is 0.420. The minimum Gasteiger partial charge on any atom is -0.382 e. The third-order valence-electron chi connectivity index (χ3n) is 2.17. The van der Waals surface area contributed by atoms with Crippen LogP contribution in [0.25, 0.3) is 5.82 Å². The summed E-state index contributed by atoms with van der Waals surface area (Å²) in [5.41, 5.74) is 7.50. The monoisotopic (exact) mass is 189 g/mol. The lowest BCUT2D eigenvalue weighted by atomic mass is 10.4. The van der Waals surface area contributed by atoms with Crippen LogP contribution >= 0.6 is 0 Å². The minimum absolute atomic E-state index is 0.420. The summed E-state index contributed by atoms with van der Waals surface area (Å²) < 4.78 is 1.88. The molecule has 2 rings (SSSR count). The lowest BCUT2D eigenvalue weighted by Crippen LogP contribution is -2.01. The van der Waals surface area contributed by atoms with Crippen LogP contribution in [-0.4, -0.2) is 19.7 Å². The van der Waals surface area contributed by atoms with Gasteiger partial charge in [-0.2, -0.15) is 0 Å². The van der Waals surface area contributed by atoms with Crippen LogP contribution in [0.4, 0.5) is 5.82 Å². The van der Waals surface area contributed by atoms with Crippen molar-refractivity contribution >= 4 is 5.82 Å². The van der Waals surface area contributed by atoms with E-state index in [1.807, 2.05) is 24.5 Å². The molecule has 0 radical (unpaired) electrons. The molecule has 0 unspecified atom stereocenters. The molecule has 0 aliphatic rings. The van der Waals surface area contributed by atoms with Gasteiger partial charge in [0.2, 0.25) is 0 Å². The summed E-state index contributed by atoms with van der Waals surface area (Å²) in [7, 11) is 0. The van der Waals surface area contributed by atoms with Gasteiger partial charge in [0.15, 0.2) is 5.82 Å². The molecule has 5 heteroatoms. The van der Waals surface area contributed by atoms with Gasteiger partial charge in [-0.05, 0) is 26.0 Å². The van der Waals surface area contributed by atoms with Gasteiger partial charge in [-0.1, -0.05) is 0 Å². The Bertz CT molecular complexity index is 443. The van der Waals surface area contributed by atoms with E-state index in [0.29, 0.717) is 5.82 Å². The Kier molecular flexibility index (Phi) is 1.92. The van der Waals surface area contributed by atoms with Gasteiger partial charge in [0.1, 0.15) is 12.1 Å². The SMILES string of the molecule is Cc1ncn(-c2ccc(N)nn2)c1C. The molecule has 2 aromatic heterocycles. The highest BCUT2D eigenvalue weighted by atomic mass is 15.2. The zero-order valence-corrected chi connectivity index (χ0v) is 8.10. The summed E-state index contributed by atoms with van der Waals surface area (Å²) in [4.78, 5) is 4.18. The first-order chi connectivity index (χ1) is 6.68. The average Bonchev–Trinajstić information content (AvgIpc) is 2.50. The molecule has 2 heterocycles. The second kappa shape index (κ2) is 3.10. The van der Waals surface area contributed by atoms with Crippen LogP contribution in [0.3, 0.4) is 0 Å². The van der Waals surface area contributed by atoms with Crippen LogP contribution in [0.2, 0.25) is 0 Å². The van der Waals surface area contributed by atoms with Gasteiger partial charge in [-0.25, -0.2) is 4.98 Å². The molecular weight excluding hydrogens is 178 g/mol. The van der Waals surface area contributed by atoms with Crippen molar-refractivity contribution in [2.45, 2.75) is 13.8 Å². The number of nitrogens with zero attached hydrogens (tertiary/aromatic N) is 4. The number of aryl methyl sites for hydroxylation is 1. The molecule has 0 saturated carbocycles. The molecule has 0 bridgehead atoms. The number of nitrogens with two attached hydrogens (primary N) is 1. The Morgan fingerprint density at radius 1 is 1.21 bits per heavy atom. The Morgan fingerprint density at radius 3 is 2.50 bits per heavy atom. The average molecular weight is 189 g/mol. The van der Waals surface area contributed by atoms with Gasteiger partial charge in [0, 0.05) is 5.69 Å². The normalized spacial score (nSPS) is 10.4. The van der Waals surface area contributed by atoms with Gasteiger partial charge in [0.05, 0.1) is 5.69 Å². The van der Waals surface area contributed by atoms with E-state index in [9.17, 15) is 0 Å². The van der Waals surface area contributed by atoms with Crippen molar-refractivity contribution in [3.8, 4) is 5.82 Å². The largest absolute Gasteiger partial charge is 0.382 e. The highest BCUT2D eigenvalue weighted by Gasteiger charge is 2.04. The third-order valence-corrected chi connectivity index (χ3v) is 2.17. The van der Waals surface area contributed by atoms with Gasteiger partial charge in [-0.15, -0.1) is 10.2 Å². The summed E-state index contributed by atoms with van der Waals surface area (Å²) in [6, 6.07) is 3.54. The Hall–Kier alpha value is -1.91. The second-order valence-electron chi connectivity index (χ2n) is 3.10. The van der Waals surface area contributed by atoms with Crippen LogP contribution in [0.5, 0.6) is 0 Å². The second-order valence-corrected chi connectivity index (χ2v) is 3.10. The fourth-order valence-electron chi connectivity index (χ4n) is 1.19. The van der Waals surface area contributed by atoms with Gasteiger partial charge >= 0.3 is 0 Å². The van der Waals surface area contributed by atoms with Gasteiger partial charge in [-0.3, -0.25) is 4.57 Å². The van der Waals surface area contributed by atoms with Gasteiger partial charge < -0.3 is 5.73 Å². The predicted octanol–water partition coefficient (Wildman–Crippen LogP) is 0.861. The number of aromatic nitrogens is 4. The smallest absolute Gasteiger partial charge is 0.160 e. The van der Waals surface area contributed by atoms with E-state index < -0.39 is 0 Å². The third kappa shape index (κ3) is 1.32. The van der Waals surface area contributed by atoms with Crippen LogP contribution < -0.4 is 5.73 Å². The molecule has 2 aromatic rings. The van der Waals surface area contributed by atoms with Crippen LogP contribution in [0.15, 0.2) is 18.5 Å². The number of nitrogen functional groups attached to an aromatic ring is 1. The molecule has 5 nitrogen and oxygen atoms in total. The Morgan fingerprint density at radius 2 is 2.00 bits per heavy atom. The molecule has 14 heavy (non-hydrogen) atoms. The quantitative estimate of drug-likeness (QED) is 0.722. The van der Waals surface area contributed by atoms with E-state index in [1.165, 1.54) is 0 Å². The molecule has 0 aliphatic carbocycles. The standard InChI is InChI=1S/C9H11N5/c1-6-7(2)14(5-11-6)9-4-3-8(10)12-13-9/h3-5H,1-2H3,(H2,10,12). The molecule has 0 spiro atoms. The van der Waals surface area contributed by atoms with E-state index in [0.717, 1.165) is 17.2 Å². The number of hydrogen-bond acceptors (Lipinski definition) is 4. The fraction of sp³-hybridized carbons (Fsp3) is 0.222. The molecule has 0 atom stereocenters. The number of imidazole rings is 1. The first kappa shape index (κ1) is 8.68. The summed E-state index contributed by atoms with van der Waals surface area (Å²) in [5.74, 6) is 1.15. The van der Waals surface area contributed by atoms with Crippen LogP contribution in [0.1, 0.15) is 11.4 Å². The van der Waals surface area contributed by atoms with E-state index in [1.54, 1.807) is 12.4 Å². The first-order valence-corrected chi connectivity index (χ1v) is 4.28. The zero-order valence-electron chi connectivity index (χ0n) is 8.10. The molecular formula is C9H11N5. The molecule has 0 saturated heterocycles.